The molecule has 16 heavy (non-hydrogen) atoms. The molecule has 0 amide bonds. The summed E-state index contributed by atoms with van der Waals surface area (Å²) < 4.78 is 4.41. The van der Waals surface area contributed by atoms with Gasteiger partial charge in [-0.3, -0.25) is 0 Å². The first-order valence-electron chi connectivity index (χ1n) is 4.29. The third kappa shape index (κ3) is 4.58. The van der Waals surface area contributed by atoms with Gasteiger partial charge in [0.1, 0.15) is 23.7 Å². The molecule has 0 bridgehead atoms. The summed E-state index contributed by atoms with van der Waals surface area (Å²) in [6.45, 7) is 0.188. The fourth-order valence-corrected chi connectivity index (χ4v) is 0.699. The van der Waals surface area contributed by atoms with Crippen molar-refractivity contribution in [2.75, 3.05) is 13.2 Å². The molecule has 0 aliphatic rings. The van der Waals surface area contributed by atoms with Crippen molar-refractivity contribution < 1.29 is 34.4 Å². The van der Waals surface area contributed by atoms with Crippen LogP contribution in [0.4, 0.5) is 0 Å². The van der Waals surface area contributed by atoms with Crippen LogP contribution in [0.3, 0.4) is 0 Å². The van der Waals surface area contributed by atoms with Crippen molar-refractivity contribution in [2.45, 2.75) is 6.42 Å². The maximum atomic E-state index is 10.3. The zero-order valence-electron chi connectivity index (χ0n) is 8.29. The summed E-state index contributed by atoms with van der Waals surface area (Å²) in [5.41, 5.74) is -0.671. The van der Waals surface area contributed by atoms with Gasteiger partial charge in [0.25, 0.3) is 0 Å². The van der Waals surface area contributed by atoms with Gasteiger partial charge >= 0.3 is 11.9 Å². The number of hydrogen-bond donors (Lipinski definition) is 4. The number of carbonyl (C=O) groups is 2. The molecule has 1 rings (SSSR count). The van der Waals surface area contributed by atoms with E-state index in [1.807, 2.05) is 0 Å². The van der Waals surface area contributed by atoms with Crippen molar-refractivity contribution in [1.29, 1.82) is 0 Å². The molecule has 1 heterocycles. The maximum Gasteiger partial charge on any atom is 0.339 e. The van der Waals surface area contributed by atoms with Crippen molar-refractivity contribution in [3.63, 3.8) is 0 Å². The second kappa shape index (κ2) is 7.43. The molecule has 0 atom stereocenters. The molecular formula is C9H12O7. The molecule has 90 valence electrons. The summed E-state index contributed by atoms with van der Waals surface area (Å²) in [4.78, 5) is 20.5. The summed E-state index contributed by atoms with van der Waals surface area (Å²) in [5.74, 6) is -2.62. The minimum absolute atomic E-state index is 0.0938. The normalized spacial score (nSPS) is 9.12. The van der Waals surface area contributed by atoms with E-state index in [1.165, 1.54) is 0 Å². The Hall–Kier alpha value is -1.86. The lowest BCUT2D eigenvalue weighted by Crippen LogP contribution is -2.03. The highest BCUT2D eigenvalue weighted by molar-refractivity contribution is 6.01. The highest BCUT2D eigenvalue weighted by Crippen LogP contribution is 2.09. The van der Waals surface area contributed by atoms with Gasteiger partial charge in [0.15, 0.2) is 0 Å². The summed E-state index contributed by atoms with van der Waals surface area (Å²) in [5, 5.41) is 32.6. The Morgan fingerprint density at radius 1 is 1.00 bits per heavy atom. The molecular weight excluding hydrogens is 220 g/mol. The Morgan fingerprint density at radius 3 is 1.56 bits per heavy atom. The summed E-state index contributed by atoms with van der Waals surface area (Å²) in [6.07, 6.45) is 2.26. The number of aliphatic hydroxyl groups excluding tert-OH is 2. The van der Waals surface area contributed by atoms with Crippen molar-refractivity contribution in [2.24, 2.45) is 0 Å². The third-order valence-corrected chi connectivity index (χ3v) is 1.44. The van der Waals surface area contributed by atoms with Crippen LogP contribution in [0.15, 0.2) is 16.9 Å². The molecule has 7 heteroatoms. The van der Waals surface area contributed by atoms with Crippen molar-refractivity contribution in [1.82, 2.24) is 0 Å². The Morgan fingerprint density at radius 2 is 1.38 bits per heavy atom. The van der Waals surface area contributed by atoms with Gasteiger partial charge in [0, 0.05) is 13.2 Å². The molecule has 0 aliphatic heterocycles. The Bertz CT molecular complexity index is 311. The van der Waals surface area contributed by atoms with Gasteiger partial charge in [-0.2, -0.15) is 0 Å². The summed E-state index contributed by atoms with van der Waals surface area (Å²) in [7, 11) is 0. The quantitative estimate of drug-likeness (QED) is 0.576. The average molecular weight is 232 g/mol. The molecule has 1 aromatic heterocycles. The molecule has 0 radical (unpaired) electrons. The van der Waals surface area contributed by atoms with Gasteiger partial charge in [-0.1, -0.05) is 0 Å². The molecule has 0 unspecified atom stereocenters. The SMILES string of the molecule is O=C(O)c1cocc1C(=O)O.OCCCO. The van der Waals surface area contributed by atoms with Crippen LogP contribution in [0.25, 0.3) is 0 Å². The van der Waals surface area contributed by atoms with Crippen LogP contribution in [0.1, 0.15) is 27.1 Å². The summed E-state index contributed by atoms with van der Waals surface area (Å²) >= 11 is 0. The van der Waals surface area contributed by atoms with Crippen molar-refractivity contribution >= 4 is 11.9 Å². The summed E-state index contributed by atoms with van der Waals surface area (Å²) in [6, 6.07) is 0. The van der Waals surface area contributed by atoms with Gasteiger partial charge in [0.2, 0.25) is 0 Å². The molecule has 0 aromatic carbocycles. The Kier molecular flexibility index (Phi) is 6.57. The Balaban J connectivity index is 0.000000385. The minimum atomic E-state index is -1.31. The molecule has 0 aliphatic carbocycles. The molecule has 0 spiro atoms. The molecule has 0 saturated heterocycles. The maximum absolute atomic E-state index is 10.3. The number of carboxylic acid groups (broad SMARTS) is 2. The van der Waals surface area contributed by atoms with Crippen LogP contribution in [0.2, 0.25) is 0 Å². The second-order valence-corrected chi connectivity index (χ2v) is 2.61. The largest absolute Gasteiger partial charge is 0.478 e. The zero-order valence-corrected chi connectivity index (χ0v) is 8.29. The van der Waals surface area contributed by atoms with Crippen LogP contribution in [-0.4, -0.2) is 45.6 Å². The fraction of sp³-hybridized carbons (Fsp3) is 0.333. The van der Waals surface area contributed by atoms with Gasteiger partial charge in [-0.05, 0) is 6.42 Å². The number of aliphatic hydroxyl groups is 2. The van der Waals surface area contributed by atoms with Crippen molar-refractivity contribution in [3.05, 3.63) is 23.7 Å². The van der Waals surface area contributed by atoms with Crippen LogP contribution in [-0.2, 0) is 0 Å². The number of carboxylic acids is 2. The van der Waals surface area contributed by atoms with E-state index in [2.05, 4.69) is 4.42 Å². The highest BCUT2D eigenvalue weighted by atomic mass is 16.4. The van der Waals surface area contributed by atoms with E-state index in [0.29, 0.717) is 6.42 Å². The third-order valence-electron chi connectivity index (χ3n) is 1.44. The number of furan rings is 1. The molecule has 0 fully saturated rings. The zero-order chi connectivity index (χ0) is 12.6. The predicted molar refractivity (Wildman–Crippen MR) is 51.4 cm³/mol. The lowest BCUT2D eigenvalue weighted by Gasteiger charge is -1.88. The molecule has 1 aromatic rings. The van der Waals surface area contributed by atoms with Crippen LogP contribution in [0, 0.1) is 0 Å². The van der Waals surface area contributed by atoms with Crippen LogP contribution in [0.5, 0.6) is 0 Å². The lowest BCUT2D eigenvalue weighted by molar-refractivity contribution is 0.0653. The van der Waals surface area contributed by atoms with Crippen LogP contribution < -0.4 is 0 Å². The standard InChI is InChI=1S/C6H4O5.C3H8O2/c7-5(8)3-1-11-2-4(3)6(9)10;4-2-1-3-5/h1-2H,(H,7,8)(H,9,10);4-5H,1-3H2. The first-order valence-corrected chi connectivity index (χ1v) is 4.29. The fourth-order valence-electron chi connectivity index (χ4n) is 0.699. The van der Waals surface area contributed by atoms with Gasteiger partial charge in [-0.15, -0.1) is 0 Å². The average Bonchev–Trinajstić information content (AvgIpc) is 2.68. The molecule has 4 N–H and O–H groups in total. The van der Waals surface area contributed by atoms with Gasteiger partial charge in [0.05, 0.1) is 0 Å². The van der Waals surface area contributed by atoms with E-state index in [1.54, 1.807) is 0 Å². The first kappa shape index (κ1) is 14.1. The number of aromatic carboxylic acids is 2. The van der Waals surface area contributed by atoms with E-state index in [4.69, 9.17) is 20.4 Å². The van der Waals surface area contributed by atoms with E-state index in [-0.39, 0.29) is 24.3 Å². The smallest absolute Gasteiger partial charge is 0.339 e. The second-order valence-electron chi connectivity index (χ2n) is 2.61. The van der Waals surface area contributed by atoms with Crippen molar-refractivity contribution in [3.8, 4) is 0 Å². The predicted octanol–water partition coefficient (Wildman–Crippen LogP) is 0.0371. The first-order chi connectivity index (χ1) is 7.54. The molecule has 0 saturated carbocycles. The Labute approximate surface area is 90.6 Å². The monoisotopic (exact) mass is 232 g/mol. The van der Waals surface area contributed by atoms with Crippen LogP contribution >= 0.6 is 0 Å². The van der Waals surface area contributed by atoms with Gasteiger partial charge < -0.3 is 24.8 Å². The number of hydrogen-bond acceptors (Lipinski definition) is 5. The van der Waals surface area contributed by atoms with E-state index in [0.717, 1.165) is 12.5 Å². The van der Waals surface area contributed by atoms with E-state index < -0.39 is 11.9 Å². The van der Waals surface area contributed by atoms with E-state index >= 15 is 0 Å². The van der Waals surface area contributed by atoms with Gasteiger partial charge in [-0.25, -0.2) is 9.59 Å². The highest BCUT2D eigenvalue weighted by Gasteiger charge is 2.17. The lowest BCUT2D eigenvalue weighted by atomic mass is 10.2. The number of rotatable bonds is 4. The molecule has 7 nitrogen and oxygen atoms in total. The van der Waals surface area contributed by atoms with E-state index in [9.17, 15) is 9.59 Å². The topological polar surface area (TPSA) is 128 Å². The minimum Gasteiger partial charge on any atom is -0.478 e.